The van der Waals surface area contributed by atoms with Gasteiger partial charge in [-0.25, -0.2) is 0 Å². The Morgan fingerprint density at radius 2 is 1.96 bits per heavy atom. The summed E-state index contributed by atoms with van der Waals surface area (Å²) in [5.41, 5.74) is 3.91. The van der Waals surface area contributed by atoms with Crippen LogP contribution in [0.25, 0.3) is 0 Å². The lowest BCUT2D eigenvalue weighted by molar-refractivity contribution is -0.134. The van der Waals surface area contributed by atoms with Gasteiger partial charge in [0.1, 0.15) is 0 Å². The number of pyridine rings is 1. The van der Waals surface area contributed by atoms with Crippen LogP contribution in [0, 0.1) is 0 Å². The SMILES string of the molecule is O=C(C[C@H]1CCc2ccccc21)N1CCC(OCc2cccnc2)CC1. The van der Waals surface area contributed by atoms with Crippen LogP contribution in [-0.2, 0) is 22.6 Å². The number of hydrogen-bond donors (Lipinski definition) is 0. The Labute approximate surface area is 155 Å². The standard InChI is InChI=1S/C22H26N2O2/c25-22(14-19-8-7-18-5-1-2-6-21(18)19)24-12-9-20(10-13-24)26-16-17-4-3-11-23-15-17/h1-6,11,15,19-20H,7-10,12-14,16H2/t19-/m1/s1. The summed E-state index contributed by atoms with van der Waals surface area (Å²) >= 11 is 0. The highest BCUT2D eigenvalue weighted by Gasteiger charge is 2.28. The van der Waals surface area contributed by atoms with Crippen LogP contribution in [0.2, 0.25) is 0 Å². The Morgan fingerprint density at radius 3 is 2.77 bits per heavy atom. The minimum absolute atomic E-state index is 0.242. The van der Waals surface area contributed by atoms with Crippen molar-refractivity contribution in [1.29, 1.82) is 0 Å². The van der Waals surface area contributed by atoms with Crippen molar-refractivity contribution in [3.8, 4) is 0 Å². The van der Waals surface area contributed by atoms with Crippen LogP contribution in [0.5, 0.6) is 0 Å². The van der Waals surface area contributed by atoms with Crippen molar-refractivity contribution in [1.82, 2.24) is 9.88 Å². The van der Waals surface area contributed by atoms with E-state index in [4.69, 9.17) is 4.74 Å². The molecule has 0 radical (unpaired) electrons. The second-order valence-corrected chi connectivity index (χ2v) is 7.39. The first-order chi connectivity index (χ1) is 12.8. The van der Waals surface area contributed by atoms with Crippen molar-refractivity contribution < 1.29 is 9.53 Å². The normalized spacial score (nSPS) is 20.2. The topological polar surface area (TPSA) is 42.4 Å². The minimum Gasteiger partial charge on any atom is -0.373 e. The summed E-state index contributed by atoms with van der Waals surface area (Å²) in [7, 11) is 0. The molecule has 1 fully saturated rings. The third-order valence-corrected chi connectivity index (χ3v) is 5.68. The molecule has 1 atom stereocenters. The van der Waals surface area contributed by atoms with Gasteiger partial charge in [-0.05, 0) is 54.4 Å². The number of rotatable bonds is 5. The van der Waals surface area contributed by atoms with Crippen LogP contribution in [0.3, 0.4) is 0 Å². The van der Waals surface area contributed by atoms with E-state index in [-0.39, 0.29) is 6.10 Å². The molecule has 1 aliphatic carbocycles. The number of nitrogens with zero attached hydrogens (tertiary/aromatic N) is 2. The predicted molar refractivity (Wildman–Crippen MR) is 101 cm³/mol. The Balaban J connectivity index is 1.24. The van der Waals surface area contributed by atoms with Crippen LogP contribution in [0.1, 0.15) is 48.3 Å². The highest BCUT2D eigenvalue weighted by Crippen LogP contribution is 2.35. The Morgan fingerprint density at radius 1 is 1.12 bits per heavy atom. The first kappa shape index (κ1) is 17.2. The third-order valence-electron chi connectivity index (χ3n) is 5.68. The van der Waals surface area contributed by atoms with Gasteiger partial charge in [0, 0.05) is 31.9 Å². The van der Waals surface area contributed by atoms with E-state index in [1.165, 1.54) is 11.1 Å². The number of fused-ring (bicyclic) bond motifs is 1. The molecule has 2 aliphatic rings. The van der Waals surface area contributed by atoms with Crippen molar-refractivity contribution in [3.05, 3.63) is 65.5 Å². The zero-order valence-electron chi connectivity index (χ0n) is 15.1. The molecule has 2 aromatic rings. The number of carbonyl (C=O) groups excluding carboxylic acids is 1. The molecule has 26 heavy (non-hydrogen) atoms. The van der Waals surface area contributed by atoms with Crippen LogP contribution < -0.4 is 0 Å². The molecule has 2 heterocycles. The van der Waals surface area contributed by atoms with Gasteiger partial charge in [0.2, 0.25) is 5.91 Å². The summed E-state index contributed by atoms with van der Waals surface area (Å²) < 4.78 is 6.00. The summed E-state index contributed by atoms with van der Waals surface area (Å²) in [4.78, 5) is 18.9. The molecule has 1 aromatic carbocycles. The lowest BCUT2D eigenvalue weighted by atomic mass is 9.96. The van der Waals surface area contributed by atoms with Crippen LogP contribution in [-0.4, -0.2) is 35.0 Å². The molecule has 0 saturated carbocycles. The van der Waals surface area contributed by atoms with E-state index in [1.807, 2.05) is 23.2 Å². The first-order valence-electron chi connectivity index (χ1n) is 9.65. The second kappa shape index (κ2) is 8.00. The largest absolute Gasteiger partial charge is 0.373 e. The van der Waals surface area contributed by atoms with E-state index < -0.39 is 0 Å². The number of aryl methyl sites for hydroxylation is 1. The lowest BCUT2D eigenvalue weighted by Gasteiger charge is -2.32. The zero-order valence-corrected chi connectivity index (χ0v) is 15.1. The fraction of sp³-hybridized carbons (Fsp3) is 0.455. The molecule has 0 unspecified atom stereocenters. The molecule has 1 aliphatic heterocycles. The van der Waals surface area contributed by atoms with E-state index in [0.29, 0.717) is 24.9 Å². The lowest BCUT2D eigenvalue weighted by Crippen LogP contribution is -2.41. The maximum atomic E-state index is 12.7. The minimum atomic E-state index is 0.242. The van der Waals surface area contributed by atoms with Gasteiger partial charge in [-0.3, -0.25) is 9.78 Å². The van der Waals surface area contributed by atoms with Crippen molar-refractivity contribution >= 4 is 5.91 Å². The molecule has 0 bridgehead atoms. The fourth-order valence-electron chi connectivity index (χ4n) is 4.17. The van der Waals surface area contributed by atoms with Crippen LogP contribution >= 0.6 is 0 Å². The van der Waals surface area contributed by atoms with E-state index in [1.54, 1.807) is 6.20 Å². The Hall–Kier alpha value is -2.20. The van der Waals surface area contributed by atoms with Crippen LogP contribution in [0.4, 0.5) is 0 Å². The average molecular weight is 350 g/mol. The number of ether oxygens (including phenoxy) is 1. The average Bonchev–Trinajstić information content (AvgIpc) is 3.10. The molecular weight excluding hydrogens is 324 g/mol. The summed E-state index contributed by atoms with van der Waals surface area (Å²) in [5.74, 6) is 0.704. The van der Waals surface area contributed by atoms with Gasteiger partial charge in [-0.1, -0.05) is 30.3 Å². The molecule has 1 saturated heterocycles. The van der Waals surface area contributed by atoms with E-state index in [2.05, 4.69) is 29.2 Å². The highest BCUT2D eigenvalue weighted by molar-refractivity contribution is 5.77. The van der Waals surface area contributed by atoms with Crippen molar-refractivity contribution in [2.45, 2.75) is 50.7 Å². The van der Waals surface area contributed by atoms with Gasteiger partial charge in [-0.2, -0.15) is 0 Å². The summed E-state index contributed by atoms with van der Waals surface area (Å²) in [6, 6.07) is 12.5. The first-order valence-corrected chi connectivity index (χ1v) is 9.65. The smallest absolute Gasteiger partial charge is 0.223 e. The zero-order chi connectivity index (χ0) is 17.8. The quantitative estimate of drug-likeness (QED) is 0.825. The molecule has 1 amide bonds. The summed E-state index contributed by atoms with van der Waals surface area (Å²) in [5, 5.41) is 0. The Bertz CT molecular complexity index is 739. The maximum absolute atomic E-state index is 12.7. The molecule has 4 heteroatoms. The number of amides is 1. The molecule has 4 nitrogen and oxygen atoms in total. The summed E-state index contributed by atoms with van der Waals surface area (Å²) in [6.07, 6.45) is 8.58. The maximum Gasteiger partial charge on any atom is 0.223 e. The molecule has 0 N–H and O–H groups in total. The van der Waals surface area contributed by atoms with Gasteiger partial charge in [0.15, 0.2) is 0 Å². The Kier molecular flexibility index (Phi) is 5.30. The third kappa shape index (κ3) is 3.96. The summed E-state index contributed by atoms with van der Waals surface area (Å²) in [6.45, 7) is 2.22. The van der Waals surface area contributed by atoms with Crippen molar-refractivity contribution in [2.24, 2.45) is 0 Å². The predicted octanol–water partition coefficient (Wildman–Crippen LogP) is 3.71. The monoisotopic (exact) mass is 350 g/mol. The van der Waals surface area contributed by atoms with Crippen molar-refractivity contribution in [3.63, 3.8) is 0 Å². The molecule has 1 aromatic heterocycles. The van der Waals surface area contributed by atoms with Gasteiger partial charge in [0.05, 0.1) is 12.7 Å². The molecule has 0 spiro atoms. The molecule has 136 valence electrons. The molecule has 4 rings (SSSR count). The second-order valence-electron chi connectivity index (χ2n) is 7.39. The van der Waals surface area contributed by atoms with Gasteiger partial charge in [-0.15, -0.1) is 0 Å². The molecular formula is C22H26N2O2. The number of aromatic nitrogens is 1. The van der Waals surface area contributed by atoms with E-state index in [0.717, 1.165) is 44.3 Å². The number of piperidine rings is 1. The number of hydrogen-bond acceptors (Lipinski definition) is 3. The van der Waals surface area contributed by atoms with E-state index >= 15 is 0 Å². The number of carbonyl (C=O) groups is 1. The van der Waals surface area contributed by atoms with Gasteiger partial charge in [0.25, 0.3) is 0 Å². The highest BCUT2D eigenvalue weighted by atomic mass is 16.5. The van der Waals surface area contributed by atoms with Gasteiger partial charge < -0.3 is 9.64 Å². The van der Waals surface area contributed by atoms with Gasteiger partial charge >= 0.3 is 0 Å². The fourth-order valence-corrected chi connectivity index (χ4v) is 4.17. The van der Waals surface area contributed by atoms with E-state index in [9.17, 15) is 4.79 Å². The number of likely N-dealkylation sites (tertiary alicyclic amines) is 1. The number of benzene rings is 1. The van der Waals surface area contributed by atoms with Crippen molar-refractivity contribution in [2.75, 3.05) is 13.1 Å². The van der Waals surface area contributed by atoms with Crippen LogP contribution in [0.15, 0.2) is 48.8 Å².